The van der Waals surface area contributed by atoms with Crippen LogP contribution in [-0.4, -0.2) is 26.4 Å². The minimum absolute atomic E-state index is 0.000800. The largest absolute Gasteiger partial charge is 0.496 e. The fourth-order valence-electron chi connectivity index (χ4n) is 2.04. The summed E-state index contributed by atoms with van der Waals surface area (Å²) in [5.41, 5.74) is 5.83. The first-order valence-electron chi connectivity index (χ1n) is 6.76. The predicted octanol–water partition coefficient (Wildman–Crippen LogP) is 1.23. The second-order valence-electron chi connectivity index (χ2n) is 4.82. The molecule has 0 spiro atoms. The van der Waals surface area contributed by atoms with Crippen LogP contribution < -0.4 is 15.2 Å². The number of carbonyl (C=O) groups is 1. The molecule has 23 heavy (non-hydrogen) atoms. The number of ether oxygens (including phenoxy) is 1. The van der Waals surface area contributed by atoms with Gasteiger partial charge in [0, 0.05) is 6.20 Å². The predicted molar refractivity (Wildman–Crippen MR) is 84.5 cm³/mol. The van der Waals surface area contributed by atoms with Crippen molar-refractivity contribution in [3.63, 3.8) is 0 Å². The van der Waals surface area contributed by atoms with E-state index in [4.69, 9.17) is 10.5 Å². The van der Waals surface area contributed by atoms with E-state index in [0.29, 0.717) is 5.69 Å². The maximum atomic E-state index is 12.5. The molecule has 7 nitrogen and oxygen atoms in total. The topological polar surface area (TPSA) is 111 Å². The highest BCUT2D eigenvalue weighted by Gasteiger charge is 2.21. The molecule has 2 rings (SSSR count). The van der Waals surface area contributed by atoms with Gasteiger partial charge in [0.25, 0.3) is 5.91 Å². The zero-order valence-electron chi connectivity index (χ0n) is 12.7. The Balaban J connectivity index is 2.33. The van der Waals surface area contributed by atoms with Gasteiger partial charge < -0.3 is 10.5 Å². The molecule has 0 aliphatic rings. The highest BCUT2D eigenvalue weighted by molar-refractivity contribution is 7.89. The highest BCUT2D eigenvalue weighted by Crippen LogP contribution is 2.23. The molecule has 2 aromatic rings. The van der Waals surface area contributed by atoms with E-state index in [1.54, 1.807) is 31.3 Å². The van der Waals surface area contributed by atoms with Crippen LogP contribution in [0.4, 0.5) is 0 Å². The molecular weight excluding hydrogens is 318 g/mol. The van der Waals surface area contributed by atoms with Crippen LogP contribution in [0.1, 0.15) is 29.0 Å². The van der Waals surface area contributed by atoms with Gasteiger partial charge in [-0.2, -0.15) is 0 Å². The number of carbonyl (C=O) groups excluding carboxylic acids is 1. The lowest BCUT2D eigenvalue weighted by atomic mass is 10.2. The summed E-state index contributed by atoms with van der Waals surface area (Å²) in [5.74, 6) is -0.550. The van der Waals surface area contributed by atoms with Crippen molar-refractivity contribution in [2.45, 2.75) is 17.9 Å². The number of rotatable bonds is 6. The Kier molecular flexibility index (Phi) is 4.97. The van der Waals surface area contributed by atoms with Gasteiger partial charge in [0.05, 0.1) is 29.3 Å². The van der Waals surface area contributed by atoms with Gasteiger partial charge in [0.2, 0.25) is 10.0 Å². The van der Waals surface area contributed by atoms with Crippen molar-refractivity contribution in [2.75, 3.05) is 7.11 Å². The average molecular weight is 335 g/mol. The summed E-state index contributed by atoms with van der Waals surface area (Å²) < 4.78 is 32.4. The Hall–Kier alpha value is -2.45. The standard InChI is InChI=1S/C15H17N3O4S/c1-10(13-5-3-4-8-17-13)18-23(20,21)11-6-7-14(22-2)12(9-11)15(16)19/h3-10,18H,1-2H3,(H2,16,19). The fraction of sp³-hybridized carbons (Fsp3) is 0.200. The number of aromatic nitrogens is 1. The molecule has 1 aromatic heterocycles. The lowest BCUT2D eigenvalue weighted by Gasteiger charge is -2.14. The third kappa shape index (κ3) is 3.85. The second-order valence-corrected chi connectivity index (χ2v) is 6.54. The third-order valence-corrected chi connectivity index (χ3v) is 4.75. The van der Waals surface area contributed by atoms with Crippen LogP contribution in [0.5, 0.6) is 5.75 Å². The van der Waals surface area contributed by atoms with Gasteiger partial charge in [-0.25, -0.2) is 13.1 Å². The summed E-state index contributed by atoms with van der Waals surface area (Å²) >= 11 is 0. The number of amides is 1. The molecule has 0 fully saturated rings. The van der Waals surface area contributed by atoms with Crippen LogP contribution in [0.3, 0.4) is 0 Å². The normalized spacial score (nSPS) is 12.6. The lowest BCUT2D eigenvalue weighted by Crippen LogP contribution is -2.27. The Labute approximate surface area is 134 Å². The molecule has 0 aliphatic carbocycles. The van der Waals surface area contributed by atoms with Crippen molar-refractivity contribution in [3.05, 3.63) is 53.9 Å². The molecule has 1 heterocycles. The van der Waals surface area contributed by atoms with Gasteiger partial charge in [-0.1, -0.05) is 6.07 Å². The molecule has 0 bridgehead atoms. The molecular formula is C15H17N3O4S. The van der Waals surface area contributed by atoms with E-state index in [1.165, 1.54) is 25.3 Å². The van der Waals surface area contributed by atoms with Gasteiger partial charge in [-0.3, -0.25) is 9.78 Å². The number of pyridine rings is 1. The van der Waals surface area contributed by atoms with E-state index in [2.05, 4.69) is 9.71 Å². The first kappa shape index (κ1) is 16.9. The first-order chi connectivity index (χ1) is 10.8. The molecule has 0 radical (unpaired) electrons. The molecule has 122 valence electrons. The van der Waals surface area contributed by atoms with Crippen LogP contribution in [0.2, 0.25) is 0 Å². The number of primary amides is 1. The summed E-state index contributed by atoms with van der Waals surface area (Å²) in [7, 11) is -2.47. The van der Waals surface area contributed by atoms with Crippen LogP contribution in [0.15, 0.2) is 47.5 Å². The summed E-state index contributed by atoms with van der Waals surface area (Å²) in [4.78, 5) is 15.5. The van der Waals surface area contributed by atoms with E-state index in [0.717, 1.165) is 0 Å². The van der Waals surface area contributed by atoms with Crippen LogP contribution in [0, 0.1) is 0 Å². The number of hydrogen-bond acceptors (Lipinski definition) is 5. The summed E-state index contributed by atoms with van der Waals surface area (Å²) in [6.45, 7) is 1.68. The monoisotopic (exact) mass is 335 g/mol. The Morgan fingerprint density at radius 2 is 2.04 bits per heavy atom. The number of nitrogens with one attached hydrogen (secondary N) is 1. The van der Waals surface area contributed by atoms with E-state index < -0.39 is 22.0 Å². The van der Waals surface area contributed by atoms with Crippen LogP contribution in [-0.2, 0) is 10.0 Å². The molecule has 1 amide bonds. The third-order valence-electron chi connectivity index (χ3n) is 3.21. The zero-order chi connectivity index (χ0) is 17.0. The van der Waals surface area contributed by atoms with Gasteiger partial charge in [-0.15, -0.1) is 0 Å². The van der Waals surface area contributed by atoms with E-state index in [9.17, 15) is 13.2 Å². The number of nitrogens with zero attached hydrogens (tertiary/aromatic N) is 1. The molecule has 0 saturated heterocycles. The van der Waals surface area contributed by atoms with Gasteiger partial charge in [-0.05, 0) is 37.3 Å². The number of benzene rings is 1. The molecule has 0 saturated carbocycles. The van der Waals surface area contributed by atoms with Gasteiger partial charge in [0.15, 0.2) is 0 Å². The maximum absolute atomic E-state index is 12.5. The van der Waals surface area contributed by atoms with Crippen LogP contribution in [0.25, 0.3) is 0 Å². The van der Waals surface area contributed by atoms with E-state index in [1.807, 2.05) is 0 Å². The highest BCUT2D eigenvalue weighted by atomic mass is 32.2. The lowest BCUT2D eigenvalue weighted by molar-refractivity contribution is 0.0997. The fourth-order valence-corrected chi connectivity index (χ4v) is 3.28. The minimum atomic E-state index is -3.84. The molecule has 1 unspecified atom stereocenters. The van der Waals surface area contributed by atoms with Crippen molar-refractivity contribution in [1.29, 1.82) is 0 Å². The Bertz CT molecular complexity index is 807. The number of hydrogen-bond donors (Lipinski definition) is 2. The SMILES string of the molecule is COc1ccc(S(=O)(=O)NC(C)c2ccccn2)cc1C(N)=O. The Morgan fingerprint density at radius 1 is 1.30 bits per heavy atom. The molecule has 1 aromatic carbocycles. The second kappa shape index (κ2) is 6.76. The first-order valence-corrected chi connectivity index (χ1v) is 8.24. The van der Waals surface area contributed by atoms with E-state index >= 15 is 0 Å². The van der Waals surface area contributed by atoms with Crippen molar-refractivity contribution in [2.24, 2.45) is 5.73 Å². The zero-order valence-corrected chi connectivity index (χ0v) is 13.5. The summed E-state index contributed by atoms with van der Waals surface area (Å²) in [5, 5.41) is 0. The van der Waals surface area contributed by atoms with Crippen molar-refractivity contribution < 1.29 is 17.9 Å². The average Bonchev–Trinajstić information content (AvgIpc) is 2.54. The smallest absolute Gasteiger partial charge is 0.252 e. The quantitative estimate of drug-likeness (QED) is 0.824. The maximum Gasteiger partial charge on any atom is 0.252 e. The summed E-state index contributed by atoms with van der Waals surface area (Å²) in [6, 6.07) is 8.63. The molecule has 3 N–H and O–H groups in total. The summed E-state index contributed by atoms with van der Waals surface area (Å²) in [6.07, 6.45) is 1.58. The van der Waals surface area contributed by atoms with Crippen molar-refractivity contribution in [3.8, 4) is 5.75 Å². The number of nitrogens with two attached hydrogens (primary N) is 1. The van der Waals surface area contributed by atoms with Crippen LogP contribution >= 0.6 is 0 Å². The molecule has 1 atom stereocenters. The van der Waals surface area contributed by atoms with Crippen molar-refractivity contribution in [1.82, 2.24) is 9.71 Å². The Morgan fingerprint density at radius 3 is 2.61 bits per heavy atom. The minimum Gasteiger partial charge on any atom is -0.496 e. The molecule has 8 heteroatoms. The van der Waals surface area contributed by atoms with Gasteiger partial charge >= 0.3 is 0 Å². The molecule has 0 aliphatic heterocycles. The number of sulfonamides is 1. The van der Waals surface area contributed by atoms with Gasteiger partial charge in [0.1, 0.15) is 5.75 Å². The van der Waals surface area contributed by atoms with Crippen molar-refractivity contribution >= 4 is 15.9 Å². The van der Waals surface area contributed by atoms with E-state index in [-0.39, 0.29) is 16.2 Å². The number of methoxy groups -OCH3 is 1.